The second-order valence-electron chi connectivity index (χ2n) is 3.54. The van der Waals surface area contributed by atoms with E-state index < -0.39 is 0 Å². The van der Waals surface area contributed by atoms with E-state index in [-0.39, 0.29) is 0 Å². The lowest BCUT2D eigenvalue weighted by molar-refractivity contribution is 0.984. The third kappa shape index (κ3) is 0.763. The lowest BCUT2D eigenvalue weighted by atomic mass is 10.4. The Bertz CT molecular complexity index is 616. The highest BCUT2D eigenvalue weighted by molar-refractivity contribution is 5.88. The minimum absolute atomic E-state index is 0.799. The smallest absolute Gasteiger partial charge is 0.105 e. The van der Waals surface area contributed by atoms with Crippen molar-refractivity contribution in [1.82, 2.24) is 8.97 Å². The van der Waals surface area contributed by atoms with Gasteiger partial charge in [-0.1, -0.05) is 6.07 Å². The standard InChI is InChI=1S/C11H11N3/c1-13-9-6-8-4-2-3-5-14(8)10(9)7-11(13)12/h2-7H,12H2,1H3. The Balaban J connectivity index is 2.60. The van der Waals surface area contributed by atoms with Gasteiger partial charge in [-0.15, -0.1) is 0 Å². The van der Waals surface area contributed by atoms with Crippen LogP contribution in [0.15, 0.2) is 36.5 Å². The maximum Gasteiger partial charge on any atom is 0.105 e. The van der Waals surface area contributed by atoms with Gasteiger partial charge in [-0.05, 0) is 18.2 Å². The summed E-state index contributed by atoms with van der Waals surface area (Å²) in [5, 5.41) is 0. The van der Waals surface area contributed by atoms with Crippen LogP contribution in [-0.4, -0.2) is 8.97 Å². The zero-order chi connectivity index (χ0) is 9.71. The largest absolute Gasteiger partial charge is 0.385 e. The summed E-state index contributed by atoms with van der Waals surface area (Å²) >= 11 is 0. The highest BCUT2D eigenvalue weighted by Crippen LogP contribution is 2.24. The molecule has 0 atom stereocenters. The number of aryl methyl sites for hydroxylation is 1. The van der Waals surface area contributed by atoms with Crippen LogP contribution in [0.1, 0.15) is 0 Å². The van der Waals surface area contributed by atoms with E-state index in [1.54, 1.807) is 0 Å². The minimum atomic E-state index is 0.799. The van der Waals surface area contributed by atoms with Crippen molar-refractivity contribution in [2.24, 2.45) is 7.05 Å². The van der Waals surface area contributed by atoms with E-state index in [0.29, 0.717) is 0 Å². The molecule has 0 saturated carbocycles. The molecule has 0 unspecified atom stereocenters. The summed E-state index contributed by atoms with van der Waals surface area (Å²) in [6.07, 6.45) is 2.05. The topological polar surface area (TPSA) is 35.4 Å². The van der Waals surface area contributed by atoms with Crippen molar-refractivity contribution in [3.05, 3.63) is 36.5 Å². The fraction of sp³-hybridized carbons (Fsp3) is 0.0909. The number of fused-ring (bicyclic) bond motifs is 3. The first-order chi connectivity index (χ1) is 6.77. The highest BCUT2D eigenvalue weighted by atomic mass is 15.1. The van der Waals surface area contributed by atoms with Gasteiger partial charge in [-0.25, -0.2) is 0 Å². The number of hydrogen-bond acceptors (Lipinski definition) is 1. The quantitative estimate of drug-likeness (QED) is 0.571. The van der Waals surface area contributed by atoms with Crippen LogP contribution in [0.2, 0.25) is 0 Å². The van der Waals surface area contributed by atoms with Gasteiger partial charge in [0.05, 0.1) is 11.0 Å². The molecule has 3 aromatic rings. The van der Waals surface area contributed by atoms with Crippen LogP contribution < -0.4 is 5.73 Å². The number of pyridine rings is 1. The molecule has 0 fully saturated rings. The second-order valence-corrected chi connectivity index (χ2v) is 3.54. The molecule has 0 aliphatic carbocycles. The van der Waals surface area contributed by atoms with Crippen LogP contribution in [0.3, 0.4) is 0 Å². The Morgan fingerprint density at radius 2 is 2.00 bits per heavy atom. The Labute approximate surface area is 81.4 Å². The molecule has 3 rings (SSSR count). The van der Waals surface area contributed by atoms with Gasteiger partial charge in [0, 0.05) is 24.8 Å². The van der Waals surface area contributed by atoms with E-state index in [2.05, 4.69) is 22.7 Å². The molecule has 0 bridgehead atoms. The van der Waals surface area contributed by atoms with Crippen LogP contribution in [0.4, 0.5) is 5.82 Å². The lowest BCUT2D eigenvalue weighted by Crippen LogP contribution is -1.93. The van der Waals surface area contributed by atoms with E-state index in [1.807, 2.05) is 29.8 Å². The summed E-state index contributed by atoms with van der Waals surface area (Å²) < 4.78 is 4.15. The molecule has 0 radical (unpaired) electrons. The Kier molecular flexibility index (Phi) is 1.24. The number of rotatable bonds is 0. The van der Waals surface area contributed by atoms with Gasteiger partial charge in [0.25, 0.3) is 0 Å². The predicted molar refractivity (Wildman–Crippen MR) is 58.3 cm³/mol. The lowest BCUT2D eigenvalue weighted by Gasteiger charge is -1.94. The van der Waals surface area contributed by atoms with Gasteiger partial charge < -0.3 is 14.7 Å². The van der Waals surface area contributed by atoms with Gasteiger partial charge in [0.2, 0.25) is 0 Å². The van der Waals surface area contributed by atoms with Crippen LogP contribution in [0, 0.1) is 0 Å². The van der Waals surface area contributed by atoms with Crippen LogP contribution in [0.25, 0.3) is 16.6 Å². The number of nitrogen functional groups attached to an aromatic ring is 1. The third-order valence-corrected chi connectivity index (χ3v) is 2.73. The van der Waals surface area contributed by atoms with Crippen LogP contribution >= 0.6 is 0 Å². The van der Waals surface area contributed by atoms with Crippen molar-refractivity contribution in [3.63, 3.8) is 0 Å². The van der Waals surface area contributed by atoms with Gasteiger partial charge in [0.15, 0.2) is 0 Å². The van der Waals surface area contributed by atoms with Gasteiger partial charge >= 0.3 is 0 Å². The van der Waals surface area contributed by atoms with Crippen LogP contribution in [0.5, 0.6) is 0 Å². The molecule has 2 N–H and O–H groups in total. The summed E-state index contributed by atoms with van der Waals surface area (Å²) in [4.78, 5) is 0. The van der Waals surface area contributed by atoms with Crippen molar-refractivity contribution in [3.8, 4) is 0 Å². The average Bonchev–Trinajstić information content (AvgIpc) is 2.67. The minimum Gasteiger partial charge on any atom is -0.385 e. The fourth-order valence-corrected chi connectivity index (χ4v) is 1.92. The molecular weight excluding hydrogens is 174 g/mol. The SMILES string of the molecule is Cn1c(N)cc2c1cc1ccccn12. The number of anilines is 1. The van der Waals surface area contributed by atoms with E-state index in [9.17, 15) is 0 Å². The van der Waals surface area contributed by atoms with E-state index >= 15 is 0 Å². The van der Waals surface area contributed by atoms with Crippen molar-refractivity contribution in [1.29, 1.82) is 0 Å². The van der Waals surface area contributed by atoms with Crippen molar-refractivity contribution < 1.29 is 0 Å². The summed E-state index contributed by atoms with van der Waals surface area (Å²) in [6.45, 7) is 0. The first-order valence-corrected chi connectivity index (χ1v) is 4.58. The first-order valence-electron chi connectivity index (χ1n) is 4.58. The Morgan fingerprint density at radius 3 is 2.86 bits per heavy atom. The molecule has 3 nitrogen and oxygen atoms in total. The third-order valence-electron chi connectivity index (χ3n) is 2.73. The highest BCUT2D eigenvalue weighted by Gasteiger charge is 2.07. The zero-order valence-electron chi connectivity index (χ0n) is 7.94. The fourth-order valence-electron chi connectivity index (χ4n) is 1.92. The summed E-state index contributed by atoms with van der Waals surface area (Å²) in [5.41, 5.74) is 9.38. The molecule has 0 spiro atoms. The van der Waals surface area contributed by atoms with Crippen molar-refractivity contribution in [2.75, 3.05) is 5.73 Å². The van der Waals surface area contributed by atoms with Crippen molar-refractivity contribution >= 4 is 22.4 Å². The average molecular weight is 185 g/mol. The maximum absolute atomic E-state index is 5.84. The first kappa shape index (κ1) is 7.50. The molecule has 0 amide bonds. The van der Waals surface area contributed by atoms with E-state index in [1.165, 1.54) is 16.6 Å². The normalized spacial score (nSPS) is 11.5. The summed E-state index contributed by atoms with van der Waals surface area (Å²) in [6, 6.07) is 10.3. The molecular formula is C11H11N3. The summed E-state index contributed by atoms with van der Waals surface area (Å²) in [5.74, 6) is 0.799. The number of aromatic nitrogens is 2. The van der Waals surface area contributed by atoms with Gasteiger partial charge in [-0.2, -0.15) is 0 Å². The zero-order valence-corrected chi connectivity index (χ0v) is 7.94. The molecule has 0 aliphatic heterocycles. The van der Waals surface area contributed by atoms with Gasteiger partial charge in [0.1, 0.15) is 5.82 Å². The summed E-state index contributed by atoms with van der Waals surface area (Å²) in [7, 11) is 1.98. The monoisotopic (exact) mass is 185 g/mol. The molecule has 14 heavy (non-hydrogen) atoms. The molecule has 0 saturated heterocycles. The maximum atomic E-state index is 5.84. The molecule has 3 aromatic heterocycles. The number of hydrogen-bond donors (Lipinski definition) is 1. The van der Waals surface area contributed by atoms with Gasteiger partial charge in [-0.3, -0.25) is 0 Å². The van der Waals surface area contributed by atoms with Crippen LogP contribution in [-0.2, 0) is 7.05 Å². The second kappa shape index (κ2) is 2.32. The molecule has 0 aliphatic rings. The molecule has 3 heteroatoms. The molecule has 70 valence electrons. The number of nitrogens with zero attached hydrogens (tertiary/aromatic N) is 2. The number of nitrogens with two attached hydrogens (primary N) is 1. The Hall–Kier alpha value is -1.90. The molecule has 0 aromatic carbocycles. The van der Waals surface area contributed by atoms with E-state index in [0.717, 1.165) is 5.82 Å². The van der Waals surface area contributed by atoms with E-state index in [4.69, 9.17) is 5.73 Å². The Morgan fingerprint density at radius 1 is 1.14 bits per heavy atom. The van der Waals surface area contributed by atoms with Crippen molar-refractivity contribution in [2.45, 2.75) is 0 Å². The predicted octanol–water partition coefficient (Wildman–Crippen LogP) is 2.01. The molecule has 3 heterocycles.